The summed E-state index contributed by atoms with van der Waals surface area (Å²) in [5, 5.41) is 2.61. The molecule has 2 fully saturated rings. The van der Waals surface area contributed by atoms with Gasteiger partial charge < -0.3 is 10.1 Å². The van der Waals surface area contributed by atoms with Crippen molar-refractivity contribution in [1.82, 2.24) is 10.2 Å². The molecule has 0 spiro atoms. The van der Waals surface area contributed by atoms with E-state index in [1.807, 2.05) is 0 Å². The Balaban J connectivity index is 1.80. The average Bonchev–Trinajstić information content (AvgIpc) is 2.74. The van der Waals surface area contributed by atoms with Gasteiger partial charge in [-0.3, -0.25) is 9.69 Å². The number of carbonyl (C=O) groups excluding carboxylic acids is 2. The summed E-state index contributed by atoms with van der Waals surface area (Å²) in [5.41, 5.74) is 0. The molecule has 96 valence electrons. The number of carbonyl (C=O) groups is 2. The Morgan fingerprint density at radius 2 is 2.29 bits per heavy atom. The third-order valence-corrected chi connectivity index (χ3v) is 4.54. The highest BCUT2D eigenvalue weighted by Crippen LogP contribution is 2.11. The number of hydrogen-bond donors (Lipinski definition) is 1. The predicted octanol–water partition coefficient (Wildman–Crippen LogP) is -1.26. The van der Waals surface area contributed by atoms with Gasteiger partial charge in [-0.25, -0.2) is 13.2 Å². The lowest BCUT2D eigenvalue weighted by atomic mass is 10.2. The number of ether oxygens (including phenoxy) is 1. The first-order valence-corrected chi connectivity index (χ1v) is 7.20. The van der Waals surface area contributed by atoms with Crippen molar-refractivity contribution >= 4 is 21.8 Å². The molecule has 2 amide bonds. The molecule has 0 aliphatic carbocycles. The van der Waals surface area contributed by atoms with Gasteiger partial charge in [-0.1, -0.05) is 0 Å². The van der Waals surface area contributed by atoms with Crippen molar-refractivity contribution in [1.29, 1.82) is 0 Å². The fraction of sp³-hybridized carbons (Fsp3) is 0.778. The molecule has 0 aromatic rings. The van der Waals surface area contributed by atoms with Gasteiger partial charge in [0.15, 0.2) is 9.84 Å². The van der Waals surface area contributed by atoms with E-state index in [0.717, 1.165) is 0 Å². The van der Waals surface area contributed by atoms with Crippen LogP contribution >= 0.6 is 0 Å². The maximum absolute atomic E-state index is 11.6. The van der Waals surface area contributed by atoms with Crippen LogP contribution in [0.1, 0.15) is 6.42 Å². The Hall–Kier alpha value is -1.31. The van der Waals surface area contributed by atoms with E-state index in [2.05, 4.69) is 10.1 Å². The summed E-state index contributed by atoms with van der Waals surface area (Å²) in [6.45, 7) is 0.620. The molecule has 7 nitrogen and oxygen atoms in total. The van der Waals surface area contributed by atoms with Gasteiger partial charge in [-0.05, 0) is 6.42 Å². The van der Waals surface area contributed by atoms with Crippen molar-refractivity contribution in [2.45, 2.75) is 12.5 Å². The number of nitrogens with one attached hydrogen (secondary N) is 1. The summed E-state index contributed by atoms with van der Waals surface area (Å²) in [6, 6.07) is -0.328. The van der Waals surface area contributed by atoms with E-state index in [4.69, 9.17) is 0 Å². The second-order valence-electron chi connectivity index (χ2n) is 4.20. The van der Waals surface area contributed by atoms with E-state index < -0.39 is 15.9 Å². The largest absolute Gasteiger partial charge is 0.448 e. The Morgan fingerprint density at radius 3 is 2.82 bits per heavy atom. The summed E-state index contributed by atoms with van der Waals surface area (Å²) in [4.78, 5) is 23.9. The van der Waals surface area contributed by atoms with E-state index in [-0.39, 0.29) is 30.0 Å². The molecule has 2 aliphatic heterocycles. The summed E-state index contributed by atoms with van der Waals surface area (Å²) in [5.74, 6) is -0.238. The average molecular weight is 262 g/mol. The van der Waals surface area contributed by atoms with Crippen molar-refractivity contribution in [2.24, 2.45) is 0 Å². The minimum atomic E-state index is -3.00. The maximum atomic E-state index is 11.6. The summed E-state index contributed by atoms with van der Waals surface area (Å²) in [6.07, 6.45) is -0.0578. The highest BCUT2D eigenvalue weighted by molar-refractivity contribution is 7.91. The predicted molar refractivity (Wildman–Crippen MR) is 58.1 cm³/mol. The fourth-order valence-electron chi connectivity index (χ4n) is 1.92. The Morgan fingerprint density at radius 1 is 1.53 bits per heavy atom. The van der Waals surface area contributed by atoms with Gasteiger partial charge in [0.25, 0.3) is 0 Å². The zero-order valence-corrected chi connectivity index (χ0v) is 10.0. The fourth-order valence-corrected chi connectivity index (χ4v) is 3.60. The smallest absolute Gasteiger partial charge is 0.410 e. The van der Waals surface area contributed by atoms with Crippen LogP contribution < -0.4 is 5.32 Å². The van der Waals surface area contributed by atoms with Crippen LogP contribution in [-0.2, 0) is 19.4 Å². The van der Waals surface area contributed by atoms with E-state index >= 15 is 0 Å². The van der Waals surface area contributed by atoms with Gasteiger partial charge >= 0.3 is 6.09 Å². The van der Waals surface area contributed by atoms with E-state index in [1.165, 1.54) is 4.90 Å². The van der Waals surface area contributed by atoms with Crippen LogP contribution in [0.3, 0.4) is 0 Å². The van der Waals surface area contributed by atoms with Crippen LogP contribution in [0.2, 0.25) is 0 Å². The van der Waals surface area contributed by atoms with Crippen molar-refractivity contribution in [2.75, 3.05) is 31.2 Å². The number of nitrogens with zero attached hydrogens (tertiary/aromatic N) is 1. The zero-order valence-electron chi connectivity index (χ0n) is 9.22. The van der Waals surface area contributed by atoms with Gasteiger partial charge in [-0.2, -0.15) is 0 Å². The SMILES string of the molecule is O=C(CN1CCOC1=O)NC1CCS(=O)(=O)C1. The maximum Gasteiger partial charge on any atom is 0.410 e. The lowest BCUT2D eigenvalue weighted by Gasteiger charge is -2.15. The van der Waals surface area contributed by atoms with Crippen LogP contribution in [0.15, 0.2) is 0 Å². The minimum Gasteiger partial charge on any atom is -0.448 e. The molecule has 1 atom stereocenters. The van der Waals surface area contributed by atoms with Crippen LogP contribution in [0.4, 0.5) is 4.79 Å². The summed E-state index contributed by atoms with van der Waals surface area (Å²) < 4.78 is 27.0. The van der Waals surface area contributed by atoms with Crippen molar-refractivity contribution in [3.63, 3.8) is 0 Å². The number of hydrogen-bond acceptors (Lipinski definition) is 5. The molecule has 0 aromatic carbocycles. The lowest BCUT2D eigenvalue weighted by molar-refractivity contribution is -0.122. The number of amides is 2. The third kappa shape index (κ3) is 3.09. The van der Waals surface area contributed by atoms with Gasteiger partial charge in [0.05, 0.1) is 18.1 Å². The second kappa shape index (κ2) is 4.52. The van der Waals surface area contributed by atoms with Crippen molar-refractivity contribution < 1.29 is 22.7 Å². The topological polar surface area (TPSA) is 92.8 Å². The van der Waals surface area contributed by atoms with E-state index in [0.29, 0.717) is 19.6 Å². The lowest BCUT2D eigenvalue weighted by Crippen LogP contribution is -2.42. The molecule has 2 aliphatic rings. The molecule has 0 saturated carbocycles. The monoisotopic (exact) mass is 262 g/mol. The van der Waals surface area contributed by atoms with E-state index in [1.54, 1.807) is 0 Å². The standard InChI is InChI=1S/C9H14N2O5S/c12-8(5-11-2-3-16-9(11)13)10-7-1-4-17(14,15)6-7/h7H,1-6H2,(H,10,12). The molecule has 17 heavy (non-hydrogen) atoms. The summed E-state index contributed by atoms with van der Waals surface area (Å²) >= 11 is 0. The molecule has 2 rings (SSSR count). The molecular weight excluding hydrogens is 248 g/mol. The van der Waals surface area contributed by atoms with Gasteiger partial charge in [-0.15, -0.1) is 0 Å². The second-order valence-corrected chi connectivity index (χ2v) is 6.43. The molecule has 1 N–H and O–H groups in total. The molecule has 0 aromatic heterocycles. The molecule has 0 radical (unpaired) electrons. The zero-order chi connectivity index (χ0) is 12.5. The molecule has 1 unspecified atom stereocenters. The first-order valence-electron chi connectivity index (χ1n) is 5.38. The highest BCUT2D eigenvalue weighted by atomic mass is 32.2. The van der Waals surface area contributed by atoms with Gasteiger partial charge in [0.1, 0.15) is 13.2 Å². The minimum absolute atomic E-state index is 0.0107. The van der Waals surface area contributed by atoms with Crippen LogP contribution in [0, 0.1) is 0 Å². The Labute approximate surface area is 99.0 Å². The first-order chi connectivity index (χ1) is 7.96. The highest BCUT2D eigenvalue weighted by Gasteiger charge is 2.30. The van der Waals surface area contributed by atoms with Crippen LogP contribution in [-0.4, -0.2) is 62.6 Å². The number of sulfone groups is 1. The third-order valence-electron chi connectivity index (χ3n) is 2.78. The number of rotatable bonds is 3. The van der Waals surface area contributed by atoms with Crippen LogP contribution in [0.25, 0.3) is 0 Å². The van der Waals surface area contributed by atoms with E-state index in [9.17, 15) is 18.0 Å². The quantitative estimate of drug-likeness (QED) is 0.685. The van der Waals surface area contributed by atoms with Gasteiger partial charge in [0.2, 0.25) is 5.91 Å². The molecule has 2 saturated heterocycles. The van der Waals surface area contributed by atoms with Crippen molar-refractivity contribution in [3.8, 4) is 0 Å². The molecule has 0 bridgehead atoms. The Bertz CT molecular complexity index is 433. The summed E-state index contributed by atoms with van der Waals surface area (Å²) in [7, 11) is -3.00. The number of cyclic esters (lactones) is 1. The first kappa shape index (κ1) is 12.2. The Kier molecular flexibility index (Phi) is 3.23. The molecule has 2 heterocycles. The van der Waals surface area contributed by atoms with Gasteiger partial charge in [0, 0.05) is 6.04 Å². The molecular formula is C9H14N2O5S. The molecule has 8 heteroatoms. The van der Waals surface area contributed by atoms with Crippen LogP contribution in [0.5, 0.6) is 0 Å². The normalized spacial score (nSPS) is 26.9. The van der Waals surface area contributed by atoms with Crippen molar-refractivity contribution in [3.05, 3.63) is 0 Å².